The van der Waals surface area contributed by atoms with Gasteiger partial charge in [0.05, 0.1) is 6.54 Å². The number of aromatic nitrogens is 2. The normalized spacial score (nSPS) is 15.3. The molecular formula is C23H25ClN4O2. The van der Waals surface area contributed by atoms with Crippen LogP contribution in [0.3, 0.4) is 0 Å². The van der Waals surface area contributed by atoms with Crippen LogP contribution in [0.15, 0.2) is 47.0 Å². The van der Waals surface area contributed by atoms with E-state index in [0.717, 1.165) is 48.3 Å². The number of likely N-dealkylation sites (tertiary alicyclic amines) is 1. The van der Waals surface area contributed by atoms with Gasteiger partial charge >= 0.3 is 0 Å². The molecule has 0 bridgehead atoms. The van der Waals surface area contributed by atoms with Crippen molar-refractivity contribution in [1.82, 2.24) is 15.0 Å². The van der Waals surface area contributed by atoms with E-state index < -0.39 is 0 Å². The first-order chi connectivity index (χ1) is 14.5. The molecule has 0 aliphatic carbocycles. The fourth-order valence-electron chi connectivity index (χ4n) is 3.90. The SMILES string of the molecule is Cc1cc(C)cc(NC(=O)C2CCN(Cc3nc(-c4cccc(Cl)c4)no3)CC2)c1. The van der Waals surface area contributed by atoms with E-state index in [4.69, 9.17) is 16.1 Å². The zero-order chi connectivity index (χ0) is 21.1. The van der Waals surface area contributed by atoms with Crippen molar-refractivity contribution in [2.24, 2.45) is 5.92 Å². The summed E-state index contributed by atoms with van der Waals surface area (Å²) >= 11 is 6.04. The highest BCUT2D eigenvalue weighted by atomic mass is 35.5. The molecule has 0 spiro atoms. The third kappa shape index (κ3) is 5.07. The van der Waals surface area contributed by atoms with Crippen molar-refractivity contribution in [3.8, 4) is 11.4 Å². The fraction of sp³-hybridized carbons (Fsp3) is 0.348. The Morgan fingerprint density at radius 3 is 2.60 bits per heavy atom. The van der Waals surface area contributed by atoms with Gasteiger partial charge in [0.2, 0.25) is 17.6 Å². The second kappa shape index (κ2) is 8.98. The van der Waals surface area contributed by atoms with Crippen molar-refractivity contribution in [3.05, 3.63) is 64.5 Å². The summed E-state index contributed by atoms with van der Waals surface area (Å²) in [5, 5.41) is 7.78. The van der Waals surface area contributed by atoms with Crippen LogP contribution in [0.4, 0.5) is 5.69 Å². The Balaban J connectivity index is 1.30. The summed E-state index contributed by atoms with van der Waals surface area (Å²) in [6.07, 6.45) is 1.62. The summed E-state index contributed by atoms with van der Waals surface area (Å²) in [4.78, 5) is 19.4. The summed E-state index contributed by atoms with van der Waals surface area (Å²) in [6, 6.07) is 13.5. The van der Waals surface area contributed by atoms with Crippen molar-refractivity contribution in [2.45, 2.75) is 33.2 Å². The molecule has 7 heteroatoms. The molecule has 1 saturated heterocycles. The van der Waals surface area contributed by atoms with E-state index in [1.54, 1.807) is 0 Å². The number of carbonyl (C=O) groups excluding carboxylic acids is 1. The molecule has 2 aromatic carbocycles. The lowest BCUT2D eigenvalue weighted by atomic mass is 9.95. The smallest absolute Gasteiger partial charge is 0.241 e. The van der Waals surface area contributed by atoms with Gasteiger partial charge in [-0.25, -0.2) is 0 Å². The van der Waals surface area contributed by atoms with Crippen molar-refractivity contribution in [1.29, 1.82) is 0 Å². The molecule has 1 aliphatic rings. The van der Waals surface area contributed by atoms with Gasteiger partial charge in [0.15, 0.2) is 0 Å². The van der Waals surface area contributed by atoms with Crippen LogP contribution in [-0.2, 0) is 11.3 Å². The Kier molecular flexibility index (Phi) is 6.16. The largest absolute Gasteiger partial charge is 0.338 e. The number of aryl methyl sites for hydroxylation is 2. The van der Waals surface area contributed by atoms with Crippen LogP contribution in [0, 0.1) is 19.8 Å². The van der Waals surface area contributed by atoms with Crippen molar-refractivity contribution in [2.75, 3.05) is 18.4 Å². The lowest BCUT2D eigenvalue weighted by Gasteiger charge is -2.30. The Morgan fingerprint density at radius 2 is 1.90 bits per heavy atom. The quantitative estimate of drug-likeness (QED) is 0.633. The van der Waals surface area contributed by atoms with E-state index in [1.165, 1.54) is 0 Å². The van der Waals surface area contributed by atoms with Crippen LogP contribution in [0.2, 0.25) is 5.02 Å². The predicted octanol–water partition coefficient (Wildman–Crippen LogP) is 4.86. The highest BCUT2D eigenvalue weighted by molar-refractivity contribution is 6.30. The molecule has 0 unspecified atom stereocenters. The number of rotatable bonds is 5. The minimum absolute atomic E-state index is 0.0202. The number of nitrogens with zero attached hydrogens (tertiary/aromatic N) is 3. The number of benzene rings is 2. The highest BCUT2D eigenvalue weighted by Gasteiger charge is 2.26. The molecule has 6 nitrogen and oxygen atoms in total. The molecule has 0 radical (unpaired) electrons. The van der Waals surface area contributed by atoms with Gasteiger partial charge in [0, 0.05) is 22.2 Å². The molecule has 0 saturated carbocycles. The Hall–Kier alpha value is -2.70. The van der Waals surface area contributed by atoms with E-state index in [2.05, 4.69) is 26.4 Å². The minimum Gasteiger partial charge on any atom is -0.338 e. The maximum absolute atomic E-state index is 12.7. The summed E-state index contributed by atoms with van der Waals surface area (Å²) < 4.78 is 5.41. The number of anilines is 1. The van der Waals surface area contributed by atoms with Crippen molar-refractivity contribution >= 4 is 23.2 Å². The molecule has 3 aromatic rings. The molecule has 4 rings (SSSR count). The fourth-order valence-corrected chi connectivity index (χ4v) is 4.09. The summed E-state index contributed by atoms with van der Waals surface area (Å²) in [7, 11) is 0. The standard InChI is InChI=1S/C23H25ClN4O2/c1-15-10-16(2)12-20(11-15)25-23(29)17-6-8-28(9-7-17)14-21-26-22(27-30-21)18-4-3-5-19(24)13-18/h3-5,10-13,17H,6-9,14H2,1-2H3,(H,25,29). The summed E-state index contributed by atoms with van der Waals surface area (Å²) in [6.45, 7) is 6.30. The van der Waals surface area contributed by atoms with Crippen LogP contribution >= 0.6 is 11.6 Å². The van der Waals surface area contributed by atoms with Gasteiger partial charge in [-0.15, -0.1) is 0 Å². The lowest BCUT2D eigenvalue weighted by molar-refractivity contribution is -0.121. The maximum Gasteiger partial charge on any atom is 0.241 e. The first-order valence-corrected chi connectivity index (χ1v) is 10.5. The zero-order valence-corrected chi connectivity index (χ0v) is 17.9. The predicted molar refractivity (Wildman–Crippen MR) is 117 cm³/mol. The van der Waals surface area contributed by atoms with Gasteiger partial charge in [0.1, 0.15) is 0 Å². The molecule has 1 aliphatic heterocycles. The van der Waals surface area contributed by atoms with Crippen LogP contribution in [0.5, 0.6) is 0 Å². The van der Waals surface area contributed by atoms with E-state index >= 15 is 0 Å². The van der Waals surface area contributed by atoms with Crippen molar-refractivity contribution in [3.63, 3.8) is 0 Å². The third-order valence-electron chi connectivity index (χ3n) is 5.36. The molecule has 30 heavy (non-hydrogen) atoms. The minimum atomic E-state index is 0.0202. The number of halogens is 1. The number of amides is 1. The molecule has 1 amide bonds. The topological polar surface area (TPSA) is 71.3 Å². The molecule has 1 aromatic heterocycles. The van der Waals surface area contributed by atoms with Gasteiger partial charge in [-0.1, -0.05) is 35.0 Å². The van der Waals surface area contributed by atoms with E-state index in [0.29, 0.717) is 23.3 Å². The third-order valence-corrected chi connectivity index (χ3v) is 5.59. The average Bonchev–Trinajstić information content (AvgIpc) is 3.16. The van der Waals surface area contributed by atoms with E-state index in [-0.39, 0.29) is 11.8 Å². The van der Waals surface area contributed by atoms with Crippen LogP contribution in [0.25, 0.3) is 11.4 Å². The number of piperidine rings is 1. The monoisotopic (exact) mass is 424 g/mol. The lowest BCUT2D eigenvalue weighted by Crippen LogP contribution is -2.37. The first-order valence-electron chi connectivity index (χ1n) is 10.2. The van der Waals surface area contributed by atoms with Gasteiger partial charge < -0.3 is 9.84 Å². The van der Waals surface area contributed by atoms with Gasteiger partial charge in [-0.3, -0.25) is 9.69 Å². The van der Waals surface area contributed by atoms with Crippen molar-refractivity contribution < 1.29 is 9.32 Å². The zero-order valence-electron chi connectivity index (χ0n) is 17.2. The van der Waals surface area contributed by atoms with Crippen LogP contribution in [-0.4, -0.2) is 34.0 Å². The second-order valence-electron chi connectivity index (χ2n) is 7.94. The first kappa shape index (κ1) is 20.6. The number of carbonyl (C=O) groups is 1. The van der Waals surface area contributed by atoms with E-state index in [9.17, 15) is 4.79 Å². The Bertz CT molecular complexity index is 1020. The molecule has 156 valence electrons. The van der Waals surface area contributed by atoms with Crippen LogP contribution in [0.1, 0.15) is 29.9 Å². The van der Waals surface area contributed by atoms with Crippen LogP contribution < -0.4 is 5.32 Å². The van der Waals surface area contributed by atoms with E-state index in [1.807, 2.05) is 50.2 Å². The summed E-state index contributed by atoms with van der Waals surface area (Å²) in [5.41, 5.74) is 4.01. The maximum atomic E-state index is 12.7. The summed E-state index contributed by atoms with van der Waals surface area (Å²) in [5.74, 6) is 1.23. The molecule has 1 fully saturated rings. The second-order valence-corrected chi connectivity index (χ2v) is 8.37. The number of hydrogen-bond donors (Lipinski definition) is 1. The molecule has 2 heterocycles. The Morgan fingerprint density at radius 1 is 1.17 bits per heavy atom. The molecule has 1 N–H and O–H groups in total. The van der Waals surface area contributed by atoms with Gasteiger partial charge in [0.25, 0.3) is 0 Å². The number of nitrogens with one attached hydrogen (secondary N) is 1. The molecular weight excluding hydrogens is 400 g/mol. The average molecular weight is 425 g/mol. The number of hydrogen-bond acceptors (Lipinski definition) is 5. The van der Waals surface area contributed by atoms with Gasteiger partial charge in [-0.2, -0.15) is 4.98 Å². The highest BCUT2D eigenvalue weighted by Crippen LogP contribution is 2.23. The van der Waals surface area contributed by atoms with Gasteiger partial charge in [-0.05, 0) is 75.2 Å². The molecule has 0 atom stereocenters. The Labute approximate surface area is 181 Å².